The Morgan fingerprint density at radius 3 is 1.86 bits per heavy atom. The van der Waals surface area contributed by atoms with Gasteiger partial charge in [0.05, 0.1) is 0 Å². The second-order valence-corrected chi connectivity index (χ2v) is 1.21. The van der Waals surface area contributed by atoms with Crippen molar-refractivity contribution in [2.24, 2.45) is 0 Å². The van der Waals surface area contributed by atoms with Crippen LogP contribution in [0.25, 0.3) is 0 Å². The summed E-state index contributed by atoms with van der Waals surface area (Å²) in [7, 11) is 0. The minimum atomic E-state index is 0. The minimum absolute atomic E-state index is 0. The van der Waals surface area contributed by atoms with Crippen LogP contribution in [0.15, 0.2) is 0 Å². The molecular formula is C5H12ClZn-. The predicted octanol–water partition coefficient (Wildman–Crippen LogP) is 2.43. The van der Waals surface area contributed by atoms with E-state index >= 15 is 0 Å². The first-order chi connectivity index (χ1) is 2.41. The summed E-state index contributed by atoms with van der Waals surface area (Å²) >= 11 is 0. The van der Waals surface area contributed by atoms with E-state index in [1.807, 2.05) is 0 Å². The molecule has 0 rings (SSSR count). The maximum Gasteiger partial charge on any atom is 0 e. The summed E-state index contributed by atoms with van der Waals surface area (Å²) in [4.78, 5) is 0. The summed E-state index contributed by atoms with van der Waals surface area (Å²) in [6, 6.07) is 0. The first-order valence-corrected chi connectivity index (χ1v) is 2.21. The average Bonchev–Trinajstić information content (AvgIpc) is 1.41. The molecule has 0 spiro atoms. The van der Waals surface area contributed by atoms with Gasteiger partial charge < -0.3 is 6.92 Å². The van der Waals surface area contributed by atoms with E-state index in [9.17, 15) is 0 Å². The Morgan fingerprint density at radius 1 is 1.43 bits per heavy atom. The summed E-state index contributed by atoms with van der Waals surface area (Å²) < 4.78 is 0. The van der Waals surface area contributed by atoms with Crippen LogP contribution in [0.1, 0.15) is 26.2 Å². The molecule has 0 nitrogen and oxygen atoms in total. The van der Waals surface area contributed by atoms with Gasteiger partial charge in [-0.25, -0.2) is 0 Å². The molecule has 0 amide bonds. The molecule has 0 aromatic rings. The van der Waals surface area contributed by atoms with E-state index in [2.05, 4.69) is 13.8 Å². The van der Waals surface area contributed by atoms with Crippen LogP contribution in [0.2, 0.25) is 0 Å². The topological polar surface area (TPSA) is 0 Å². The summed E-state index contributed by atoms with van der Waals surface area (Å²) in [5.41, 5.74) is 0. The Hall–Kier alpha value is 0.913. The average molecular weight is 173 g/mol. The van der Waals surface area contributed by atoms with Gasteiger partial charge in [0, 0.05) is 19.5 Å². The molecule has 0 bridgehead atoms. The quantitative estimate of drug-likeness (QED) is 0.444. The van der Waals surface area contributed by atoms with E-state index in [1.54, 1.807) is 0 Å². The van der Waals surface area contributed by atoms with Crippen molar-refractivity contribution < 1.29 is 19.5 Å². The van der Waals surface area contributed by atoms with Gasteiger partial charge in [0.1, 0.15) is 0 Å². The van der Waals surface area contributed by atoms with Gasteiger partial charge in [0.25, 0.3) is 0 Å². The molecule has 0 unspecified atom stereocenters. The molecule has 0 aliphatic rings. The Bertz CT molecular complexity index is 15.6. The predicted molar refractivity (Wildman–Crippen MR) is 32.1 cm³/mol. The summed E-state index contributed by atoms with van der Waals surface area (Å²) in [5, 5.41) is 0. The van der Waals surface area contributed by atoms with E-state index in [0.29, 0.717) is 0 Å². The largest absolute Gasteiger partial charge is 0.343 e. The van der Waals surface area contributed by atoms with Crippen molar-refractivity contribution in [2.45, 2.75) is 26.2 Å². The molecule has 2 heteroatoms. The number of unbranched alkanes of at least 4 members (excludes halogenated alkanes) is 2. The van der Waals surface area contributed by atoms with Crippen LogP contribution in [-0.4, -0.2) is 0 Å². The van der Waals surface area contributed by atoms with Crippen molar-refractivity contribution in [1.82, 2.24) is 0 Å². The molecule has 0 aromatic carbocycles. The SMILES string of the molecule is Cl.[CH2-]CCCC.[Zn]. The molecule has 42 valence electrons. The molecule has 0 aliphatic carbocycles. The number of hydrogen-bond acceptors (Lipinski definition) is 0. The number of hydrogen-bond donors (Lipinski definition) is 0. The third-order valence-electron chi connectivity index (χ3n) is 0.604. The van der Waals surface area contributed by atoms with Gasteiger partial charge >= 0.3 is 0 Å². The van der Waals surface area contributed by atoms with Crippen molar-refractivity contribution in [2.75, 3.05) is 0 Å². The molecule has 0 aromatic heterocycles. The molecule has 0 saturated heterocycles. The molecule has 0 fully saturated rings. The maximum absolute atomic E-state index is 3.68. The Balaban J connectivity index is -0.0000000800. The third kappa shape index (κ3) is 19.7. The first kappa shape index (κ1) is 15.7. The Kier molecular flexibility index (Phi) is 35.3. The second kappa shape index (κ2) is 15.8. The molecule has 0 atom stereocenters. The van der Waals surface area contributed by atoms with Crippen LogP contribution in [0.5, 0.6) is 0 Å². The summed E-state index contributed by atoms with van der Waals surface area (Å²) in [6.07, 6.45) is 3.65. The number of rotatable bonds is 2. The molecule has 0 radical (unpaired) electrons. The molecule has 0 N–H and O–H groups in total. The Labute approximate surface area is 65.2 Å². The van der Waals surface area contributed by atoms with E-state index in [-0.39, 0.29) is 31.9 Å². The molecular weight excluding hydrogens is 161 g/mol. The van der Waals surface area contributed by atoms with Crippen molar-refractivity contribution >= 4 is 12.4 Å². The number of halogens is 1. The molecule has 0 aliphatic heterocycles. The van der Waals surface area contributed by atoms with E-state index in [4.69, 9.17) is 0 Å². The summed E-state index contributed by atoms with van der Waals surface area (Å²) in [6.45, 7) is 5.85. The third-order valence-corrected chi connectivity index (χ3v) is 0.604. The zero-order chi connectivity index (χ0) is 4.12. The summed E-state index contributed by atoms with van der Waals surface area (Å²) in [5.74, 6) is 0. The van der Waals surface area contributed by atoms with Gasteiger partial charge in [0.2, 0.25) is 0 Å². The van der Waals surface area contributed by atoms with Crippen LogP contribution in [0.4, 0.5) is 0 Å². The van der Waals surface area contributed by atoms with E-state index in [0.717, 1.165) is 6.42 Å². The molecule has 7 heavy (non-hydrogen) atoms. The zero-order valence-electron chi connectivity index (χ0n) is 4.94. The normalized spacial score (nSPS) is 6.00. The molecule has 0 saturated carbocycles. The zero-order valence-corrected chi connectivity index (χ0v) is 8.73. The van der Waals surface area contributed by atoms with Gasteiger partial charge in [0.15, 0.2) is 0 Å². The van der Waals surface area contributed by atoms with Crippen molar-refractivity contribution in [3.8, 4) is 0 Å². The van der Waals surface area contributed by atoms with Crippen molar-refractivity contribution in [3.63, 3.8) is 0 Å². The van der Waals surface area contributed by atoms with Crippen LogP contribution in [-0.2, 0) is 19.5 Å². The van der Waals surface area contributed by atoms with Gasteiger partial charge in [-0.2, -0.15) is 6.42 Å². The van der Waals surface area contributed by atoms with Gasteiger partial charge in [-0.1, -0.05) is 19.8 Å². The maximum atomic E-state index is 3.68. The monoisotopic (exact) mass is 171 g/mol. The van der Waals surface area contributed by atoms with Gasteiger partial charge in [-0.05, 0) is 0 Å². The first-order valence-electron chi connectivity index (χ1n) is 2.21. The standard InChI is InChI=1S/C5H11.ClH.Zn/c1-3-5-4-2;;/h1,3-5H2,2H3;1H;/q-1;;. The van der Waals surface area contributed by atoms with Crippen LogP contribution in [0.3, 0.4) is 0 Å². The van der Waals surface area contributed by atoms with E-state index < -0.39 is 0 Å². The fourth-order valence-corrected chi connectivity index (χ4v) is 0.250. The smallest absolute Gasteiger partial charge is 0 e. The second-order valence-electron chi connectivity index (χ2n) is 1.21. The van der Waals surface area contributed by atoms with E-state index in [1.165, 1.54) is 12.8 Å². The van der Waals surface area contributed by atoms with Crippen molar-refractivity contribution in [3.05, 3.63) is 6.92 Å². The fourth-order valence-electron chi connectivity index (χ4n) is 0.250. The minimum Gasteiger partial charge on any atom is -0.343 e. The van der Waals surface area contributed by atoms with Crippen molar-refractivity contribution in [1.29, 1.82) is 0 Å². The van der Waals surface area contributed by atoms with Crippen LogP contribution >= 0.6 is 12.4 Å². The van der Waals surface area contributed by atoms with Gasteiger partial charge in [-0.15, -0.1) is 12.4 Å². The molecule has 0 heterocycles. The van der Waals surface area contributed by atoms with Crippen LogP contribution < -0.4 is 0 Å². The fraction of sp³-hybridized carbons (Fsp3) is 0.800. The van der Waals surface area contributed by atoms with Gasteiger partial charge in [-0.3, -0.25) is 0 Å². The Morgan fingerprint density at radius 2 is 1.86 bits per heavy atom. The van der Waals surface area contributed by atoms with Crippen LogP contribution in [0, 0.1) is 6.92 Å².